The standard InChI is InChI=1S/C34H46N2O9/c1-34-16-15-21-20-6-4-19(37)17-18(20)3-5-22(21)23(34)7-12-28(34)45-30(41)14-10-26(39)25(38)9-13-29(40)36-24-8-11-27(44-2)31(32(24)42)33(35)43/h4,6,8,11,17,21-23,25-26,28,30,37-39,41-42H,3,5,7,9-10,12-16H2,1-2H3,(H2,35,43)(H,36,40). The lowest BCUT2D eigenvalue weighted by molar-refractivity contribution is -0.179. The number of nitrogens with two attached hydrogens (primary N) is 1. The van der Waals surface area contributed by atoms with Crippen LogP contribution < -0.4 is 15.8 Å². The molecule has 8 atom stereocenters. The summed E-state index contributed by atoms with van der Waals surface area (Å²) in [5.74, 6) is -0.0526. The van der Waals surface area contributed by atoms with Gasteiger partial charge in [-0.2, -0.15) is 0 Å². The molecule has 0 aromatic heterocycles. The summed E-state index contributed by atoms with van der Waals surface area (Å²) in [5, 5.41) is 54.5. The zero-order valence-electron chi connectivity index (χ0n) is 25.9. The van der Waals surface area contributed by atoms with Crippen LogP contribution in [0.25, 0.3) is 0 Å². The Labute approximate surface area is 263 Å². The maximum atomic E-state index is 12.5. The molecule has 8 N–H and O–H groups in total. The Hall–Kier alpha value is -3.38. The molecule has 246 valence electrons. The van der Waals surface area contributed by atoms with E-state index in [1.54, 1.807) is 6.07 Å². The van der Waals surface area contributed by atoms with Crippen LogP contribution in [-0.4, -0.2) is 69.1 Å². The van der Waals surface area contributed by atoms with Crippen molar-refractivity contribution in [3.8, 4) is 17.2 Å². The Balaban J connectivity index is 1.08. The lowest BCUT2D eigenvalue weighted by atomic mass is 9.55. The molecular formula is C34H46N2O9. The molecule has 8 unspecified atom stereocenters. The van der Waals surface area contributed by atoms with Crippen LogP contribution in [0.2, 0.25) is 0 Å². The van der Waals surface area contributed by atoms with Crippen molar-refractivity contribution in [2.24, 2.45) is 23.0 Å². The van der Waals surface area contributed by atoms with Gasteiger partial charge in [-0.3, -0.25) is 9.59 Å². The topological polar surface area (TPSA) is 192 Å². The minimum absolute atomic E-state index is 0.0326. The first-order valence-corrected chi connectivity index (χ1v) is 15.9. The molecule has 11 nitrogen and oxygen atoms in total. The largest absolute Gasteiger partial charge is 0.508 e. The number of phenols is 2. The number of primary amides is 1. The number of ether oxygens (including phenoxy) is 2. The van der Waals surface area contributed by atoms with E-state index in [-0.39, 0.29) is 54.2 Å². The number of hydrogen-bond acceptors (Lipinski definition) is 9. The molecule has 11 heteroatoms. The van der Waals surface area contributed by atoms with Gasteiger partial charge in [-0.25, -0.2) is 0 Å². The van der Waals surface area contributed by atoms with E-state index in [0.717, 1.165) is 38.5 Å². The number of aryl methyl sites for hydroxylation is 1. The smallest absolute Gasteiger partial charge is 0.256 e. The fourth-order valence-electron chi connectivity index (χ4n) is 8.27. The third-order valence-corrected chi connectivity index (χ3v) is 10.6. The summed E-state index contributed by atoms with van der Waals surface area (Å²) in [7, 11) is 1.32. The first-order valence-electron chi connectivity index (χ1n) is 15.9. The average Bonchev–Trinajstić information content (AvgIpc) is 3.34. The quantitative estimate of drug-likeness (QED) is 0.136. The van der Waals surface area contributed by atoms with Crippen LogP contribution in [0.4, 0.5) is 5.69 Å². The van der Waals surface area contributed by atoms with Gasteiger partial charge in [0.15, 0.2) is 12.0 Å². The predicted molar refractivity (Wildman–Crippen MR) is 166 cm³/mol. The second-order valence-electron chi connectivity index (χ2n) is 13.2. The van der Waals surface area contributed by atoms with Gasteiger partial charge in [-0.05, 0) is 110 Å². The number of hydrogen-bond donors (Lipinski definition) is 7. The van der Waals surface area contributed by atoms with E-state index < -0.39 is 36.1 Å². The van der Waals surface area contributed by atoms with E-state index >= 15 is 0 Å². The number of fused-ring (bicyclic) bond motifs is 5. The van der Waals surface area contributed by atoms with Crippen LogP contribution in [0.3, 0.4) is 0 Å². The molecule has 0 aliphatic heterocycles. The molecule has 2 aromatic carbocycles. The Kier molecular flexibility index (Phi) is 9.93. The fraction of sp³-hybridized carbons (Fsp3) is 0.588. The maximum absolute atomic E-state index is 12.5. The first kappa shape index (κ1) is 33.0. The summed E-state index contributed by atoms with van der Waals surface area (Å²) in [6, 6.07) is 8.55. The number of aliphatic hydroxyl groups is 3. The zero-order valence-corrected chi connectivity index (χ0v) is 25.9. The van der Waals surface area contributed by atoms with Crippen LogP contribution >= 0.6 is 0 Å². The highest BCUT2D eigenvalue weighted by Gasteiger charge is 2.55. The van der Waals surface area contributed by atoms with Crippen LogP contribution in [0.1, 0.15) is 92.1 Å². The van der Waals surface area contributed by atoms with Crippen molar-refractivity contribution in [3.05, 3.63) is 47.0 Å². The summed E-state index contributed by atoms with van der Waals surface area (Å²) in [4.78, 5) is 24.1. The van der Waals surface area contributed by atoms with E-state index in [1.165, 1.54) is 30.4 Å². The predicted octanol–water partition coefficient (Wildman–Crippen LogP) is 3.69. The zero-order chi connectivity index (χ0) is 32.5. The summed E-state index contributed by atoms with van der Waals surface area (Å²) in [6.07, 6.45) is 2.47. The molecule has 2 saturated carbocycles. The number of phenolic OH excluding ortho intramolecular Hbond substituents is 1. The van der Waals surface area contributed by atoms with Gasteiger partial charge in [-0.15, -0.1) is 0 Å². The van der Waals surface area contributed by atoms with Gasteiger partial charge in [0.2, 0.25) is 5.91 Å². The fourth-order valence-corrected chi connectivity index (χ4v) is 8.27. The number of amides is 2. The minimum Gasteiger partial charge on any atom is -0.508 e. The Bertz CT molecular complexity index is 1400. The second-order valence-corrected chi connectivity index (χ2v) is 13.2. The highest BCUT2D eigenvalue weighted by molar-refractivity contribution is 6.02. The Morgan fingerprint density at radius 3 is 2.51 bits per heavy atom. The van der Waals surface area contributed by atoms with Gasteiger partial charge in [-0.1, -0.05) is 13.0 Å². The molecule has 3 aliphatic carbocycles. The molecule has 0 heterocycles. The third-order valence-electron chi connectivity index (χ3n) is 10.6. The van der Waals surface area contributed by atoms with Crippen molar-refractivity contribution in [2.75, 3.05) is 12.4 Å². The molecule has 0 saturated heterocycles. The number of aromatic hydroxyl groups is 2. The van der Waals surface area contributed by atoms with Gasteiger partial charge in [0.05, 0.1) is 31.1 Å². The van der Waals surface area contributed by atoms with Crippen molar-refractivity contribution in [2.45, 2.75) is 102 Å². The molecule has 0 radical (unpaired) electrons. The molecule has 2 aromatic rings. The molecule has 3 aliphatic rings. The number of benzene rings is 2. The molecule has 0 bridgehead atoms. The van der Waals surface area contributed by atoms with Crippen molar-refractivity contribution in [1.82, 2.24) is 0 Å². The summed E-state index contributed by atoms with van der Waals surface area (Å²) in [5.41, 5.74) is 7.61. The Morgan fingerprint density at radius 2 is 1.78 bits per heavy atom. The maximum Gasteiger partial charge on any atom is 0.256 e. The molecule has 2 amide bonds. The molecule has 45 heavy (non-hydrogen) atoms. The van der Waals surface area contributed by atoms with E-state index in [4.69, 9.17) is 15.2 Å². The SMILES string of the molecule is COc1ccc(NC(=O)CCC(O)C(O)CCC(O)OC2CCC3C4CCc5cc(O)ccc5C4CCC23C)c(O)c1C(N)=O. The van der Waals surface area contributed by atoms with Crippen LogP contribution in [-0.2, 0) is 16.0 Å². The average molecular weight is 627 g/mol. The number of rotatable bonds is 12. The van der Waals surface area contributed by atoms with Crippen LogP contribution in [0.5, 0.6) is 17.2 Å². The van der Waals surface area contributed by atoms with Gasteiger partial charge in [0.1, 0.15) is 17.1 Å². The van der Waals surface area contributed by atoms with Gasteiger partial charge in [0, 0.05) is 12.8 Å². The van der Waals surface area contributed by atoms with Gasteiger partial charge < -0.3 is 46.1 Å². The van der Waals surface area contributed by atoms with E-state index in [1.807, 2.05) is 6.07 Å². The third kappa shape index (κ3) is 6.77. The monoisotopic (exact) mass is 626 g/mol. The highest BCUT2D eigenvalue weighted by Crippen LogP contribution is 2.61. The summed E-state index contributed by atoms with van der Waals surface area (Å²) >= 11 is 0. The summed E-state index contributed by atoms with van der Waals surface area (Å²) in [6.45, 7) is 2.29. The molecule has 2 fully saturated rings. The first-order chi connectivity index (χ1) is 21.4. The van der Waals surface area contributed by atoms with E-state index in [9.17, 15) is 35.1 Å². The normalized spacial score (nSPS) is 27.4. The number of carbonyl (C=O) groups is 2. The van der Waals surface area contributed by atoms with Crippen LogP contribution in [0, 0.1) is 17.3 Å². The van der Waals surface area contributed by atoms with E-state index in [0.29, 0.717) is 23.5 Å². The molecular weight excluding hydrogens is 580 g/mol. The van der Waals surface area contributed by atoms with Crippen molar-refractivity contribution >= 4 is 17.5 Å². The van der Waals surface area contributed by atoms with Gasteiger partial charge in [0.25, 0.3) is 5.91 Å². The van der Waals surface area contributed by atoms with Crippen molar-refractivity contribution in [1.29, 1.82) is 0 Å². The number of aliphatic hydroxyl groups excluding tert-OH is 3. The molecule has 5 rings (SSSR count). The lowest BCUT2D eigenvalue weighted by Crippen LogP contribution is -2.45. The second kappa shape index (κ2) is 13.5. The number of anilines is 1. The van der Waals surface area contributed by atoms with Gasteiger partial charge >= 0.3 is 0 Å². The number of carbonyl (C=O) groups excluding carboxylic acids is 2. The van der Waals surface area contributed by atoms with E-state index in [2.05, 4.69) is 18.3 Å². The number of nitrogens with one attached hydrogen (secondary N) is 1. The lowest BCUT2D eigenvalue weighted by Gasteiger charge is -2.50. The summed E-state index contributed by atoms with van der Waals surface area (Å²) < 4.78 is 11.2. The van der Waals surface area contributed by atoms with Crippen molar-refractivity contribution < 1.29 is 44.6 Å². The van der Waals surface area contributed by atoms with Crippen molar-refractivity contribution in [3.63, 3.8) is 0 Å². The highest BCUT2D eigenvalue weighted by atomic mass is 16.6. The Morgan fingerprint density at radius 1 is 1.02 bits per heavy atom. The minimum atomic E-state index is -1.21. The van der Waals surface area contributed by atoms with Crippen LogP contribution in [0.15, 0.2) is 30.3 Å². The number of methoxy groups -OCH3 is 1. The molecule has 0 spiro atoms.